The maximum Gasteiger partial charge on any atom is 0.347 e. The molecule has 1 aromatic heterocycles. The number of halogens is 3. The summed E-state index contributed by atoms with van der Waals surface area (Å²) in [6.07, 6.45) is -0.790. The lowest BCUT2D eigenvalue weighted by atomic mass is 10.3. The van der Waals surface area contributed by atoms with Crippen LogP contribution in [-0.2, 0) is 14.3 Å². The van der Waals surface area contributed by atoms with Crippen LogP contribution in [0.1, 0.15) is 13.8 Å². The number of anilines is 1. The van der Waals surface area contributed by atoms with Crippen LogP contribution in [0.4, 0.5) is 10.2 Å². The molecule has 1 heterocycles. The molecule has 0 fully saturated rings. The number of benzene rings is 1. The molecule has 0 radical (unpaired) electrons. The first-order valence-corrected chi connectivity index (χ1v) is 8.26. The van der Waals surface area contributed by atoms with Gasteiger partial charge in [0, 0.05) is 6.20 Å². The van der Waals surface area contributed by atoms with E-state index in [-0.39, 0.29) is 10.8 Å². The summed E-state index contributed by atoms with van der Waals surface area (Å²) in [5, 5.41) is 2.91. The number of amides is 1. The fraction of sp³-hybridized carbons (Fsp3) is 0.235. The number of hydrogen-bond acceptors (Lipinski definition) is 5. The van der Waals surface area contributed by atoms with Gasteiger partial charge in [0.15, 0.2) is 18.0 Å². The molecule has 6 nitrogen and oxygen atoms in total. The molecule has 2 rings (SSSR count). The summed E-state index contributed by atoms with van der Waals surface area (Å²) >= 11 is 11.7. The third-order valence-corrected chi connectivity index (χ3v) is 3.66. The first kappa shape index (κ1) is 19.9. The van der Waals surface area contributed by atoms with Gasteiger partial charge in [-0.15, -0.1) is 0 Å². The maximum absolute atomic E-state index is 12.9. The SMILES string of the molecule is C[C@H](OC(=O)[C@@H](C)Oc1ccc(F)cc1)C(=O)Nc1ncc(Cl)cc1Cl. The summed E-state index contributed by atoms with van der Waals surface area (Å²) in [6, 6.07) is 6.58. The van der Waals surface area contributed by atoms with E-state index in [1.54, 1.807) is 0 Å². The fourth-order valence-corrected chi connectivity index (χ4v) is 2.24. The second-order valence-corrected chi connectivity index (χ2v) is 6.11. The number of esters is 1. The third kappa shape index (κ3) is 5.57. The van der Waals surface area contributed by atoms with Crippen molar-refractivity contribution >= 4 is 40.9 Å². The lowest BCUT2D eigenvalue weighted by molar-refractivity contribution is -0.159. The van der Waals surface area contributed by atoms with Crippen LogP contribution in [0.2, 0.25) is 10.0 Å². The Morgan fingerprint density at radius 1 is 1.15 bits per heavy atom. The second-order valence-electron chi connectivity index (χ2n) is 5.27. The minimum absolute atomic E-state index is 0.0968. The van der Waals surface area contributed by atoms with E-state index in [4.69, 9.17) is 32.7 Å². The normalized spacial score (nSPS) is 12.8. The average Bonchev–Trinajstić information content (AvgIpc) is 2.59. The van der Waals surface area contributed by atoms with Crippen molar-refractivity contribution in [3.63, 3.8) is 0 Å². The summed E-state index contributed by atoms with van der Waals surface area (Å²) in [6.45, 7) is 2.84. The van der Waals surface area contributed by atoms with E-state index in [2.05, 4.69) is 10.3 Å². The van der Waals surface area contributed by atoms with Crippen molar-refractivity contribution in [2.75, 3.05) is 5.32 Å². The van der Waals surface area contributed by atoms with Gasteiger partial charge in [-0.05, 0) is 44.2 Å². The zero-order chi connectivity index (χ0) is 19.3. The number of pyridine rings is 1. The number of nitrogens with one attached hydrogen (secondary N) is 1. The largest absolute Gasteiger partial charge is 0.479 e. The number of aromatic nitrogens is 1. The van der Waals surface area contributed by atoms with E-state index >= 15 is 0 Å². The molecule has 1 aromatic carbocycles. The Labute approximate surface area is 159 Å². The number of nitrogens with zero attached hydrogens (tertiary/aromatic N) is 1. The van der Waals surface area contributed by atoms with Gasteiger partial charge in [0.1, 0.15) is 11.6 Å². The van der Waals surface area contributed by atoms with E-state index in [0.717, 1.165) is 0 Å². The minimum atomic E-state index is -1.12. The van der Waals surface area contributed by atoms with Crippen molar-refractivity contribution in [3.05, 3.63) is 52.4 Å². The van der Waals surface area contributed by atoms with E-state index in [1.165, 1.54) is 50.4 Å². The Kier molecular flexibility index (Phi) is 6.76. The molecule has 9 heteroatoms. The molecular weight excluding hydrogens is 386 g/mol. The molecule has 0 aliphatic heterocycles. The number of ether oxygens (including phenoxy) is 2. The molecule has 0 aliphatic carbocycles. The highest BCUT2D eigenvalue weighted by atomic mass is 35.5. The summed E-state index contributed by atoms with van der Waals surface area (Å²) in [7, 11) is 0. The molecule has 0 saturated carbocycles. The Morgan fingerprint density at radius 3 is 2.42 bits per heavy atom. The highest BCUT2D eigenvalue weighted by molar-refractivity contribution is 6.36. The molecule has 0 bridgehead atoms. The zero-order valence-corrected chi connectivity index (χ0v) is 15.3. The highest BCUT2D eigenvalue weighted by Gasteiger charge is 2.24. The van der Waals surface area contributed by atoms with Gasteiger partial charge in [0.2, 0.25) is 0 Å². The predicted octanol–water partition coefficient (Wildman–Crippen LogP) is 3.87. The first-order chi connectivity index (χ1) is 12.3. The molecule has 0 aliphatic rings. The lowest BCUT2D eigenvalue weighted by Crippen LogP contribution is -2.35. The van der Waals surface area contributed by atoms with Crippen molar-refractivity contribution in [2.45, 2.75) is 26.1 Å². The molecule has 1 amide bonds. The van der Waals surface area contributed by atoms with Crippen LogP contribution in [0.25, 0.3) is 0 Å². The van der Waals surface area contributed by atoms with Gasteiger partial charge < -0.3 is 14.8 Å². The molecule has 0 saturated heterocycles. The monoisotopic (exact) mass is 400 g/mol. The number of rotatable bonds is 6. The van der Waals surface area contributed by atoms with Gasteiger partial charge in [0.05, 0.1) is 10.0 Å². The second kappa shape index (κ2) is 8.82. The molecule has 0 unspecified atom stereocenters. The van der Waals surface area contributed by atoms with Crippen LogP contribution in [0.15, 0.2) is 36.5 Å². The summed E-state index contributed by atoms with van der Waals surface area (Å²) in [4.78, 5) is 28.0. The first-order valence-electron chi connectivity index (χ1n) is 7.51. The third-order valence-electron chi connectivity index (χ3n) is 3.17. The van der Waals surface area contributed by atoms with Crippen LogP contribution in [0.3, 0.4) is 0 Å². The average molecular weight is 401 g/mol. The Bertz CT molecular complexity index is 802. The number of carbonyl (C=O) groups excluding carboxylic acids is 2. The van der Waals surface area contributed by atoms with Crippen molar-refractivity contribution in [1.29, 1.82) is 0 Å². The van der Waals surface area contributed by atoms with Crippen LogP contribution >= 0.6 is 23.2 Å². The Balaban J connectivity index is 1.90. The Morgan fingerprint density at radius 2 is 1.81 bits per heavy atom. The minimum Gasteiger partial charge on any atom is -0.479 e. The van der Waals surface area contributed by atoms with E-state index in [9.17, 15) is 14.0 Å². The molecule has 138 valence electrons. The predicted molar refractivity (Wildman–Crippen MR) is 94.9 cm³/mol. The van der Waals surface area contributed by atoms with Crippen molar-refractivity contribution in [2.24, 2.45) is 0 Å². The number of hydrogen-bond donors (Lipinski definition) is 1. The molecular formula is C17H15Cl2FN2O4. The van der Waals surface area contributed by atoms with E-state index in [1.807, 2.05) is 0 Å². The van der Waals surface area contributed by atoms with Crippen LogP contribution in [0, 0.1) is 5.82 Å². The highest BCUT2D eigenvalue weighted by Crippen LogP contribution is 2.22. The van der Waals surface area contributed by atoms with Crippen molar-refractivity contribution in [3.8, 4) is 5.75 Å². The van der Waals surface area contributed by atoms with Gasteiger partial charge in [-0.2, -0.15) is 0 Å². The van der Waals surface area contributed by atoms with Gasteiger partial charge >= 0.3 is 5.97 Å². The fourth-order valence-electron chi connectivity index (χ4n) is 1.81. The molecule has 1 N–H and O–H groups in total. The molecule has 26 heavy (non-hydrogen) atoms. The van der Waals surface area contributed by atoms with Crippen LogP contribution in [0.5, 0.6) is 5.75 Å². The van der Waals surface area contributed by atoms with E-state index < -0.39 is 29.9 Å². The summed E-state index contributed by atoms with van der Waals surface area (Å²) < 4.78 is 23.3. The molecule has 0 spiro atoms. The van der Waals surface area contributed by atoms with Gasteiger partial charge in [0.25, 0.3) is 5.91 Å². The van der Waals surface area contributed by atoms with Crippen molar-refractivity contribution < 1.29 is 23.5 Å². The zero-order valence-electron chi connectivity index (χ0n) is 13.8. The summed E-state index contributed by atoms with van der Waals surface area (Å²) in [5.74, 6) is -1.41. The van der Waals surface area contributed by atoms with Gasteiger partial charge in [-0.1, -0.05) is 23.2 Å². The van der Waals surface area contributed by atoms with E-state index in [0.29, 0.717) is 10.8 Å². The standard InChI is InChI=1S/C17H15Cl2FN2O4/c1-9(16(23)22-15-14(19)7-11(18)8-21-15)26-17(24)10(2)25-13-5-3-12(20)4-6-13/h3-10H,1-2H3,(H,21,22,23)/t9-,10+/m0/s1. The maximum atomic E-state index is 12.9. The van der Waals surface area contributed by atoms with Gasteiger partial charge in [-0.25, -0.2) is 14.2 Å². The lowest BCUT2D eigenvalue weighted by Gasteiger charge is -2.17. The van der Waals surface area contributed by atoms with Crippen LogP contribution < -0.4 is 10.1 Å². The number of carbonyl (C=O) groups is 2. The Hall–Kier alpha value is -2.38. The topological polar surface area (TPSA) is 77.5 Å². The van der Waals surface area contributed by atoms with Crippen LogP contribution in [-0.4, -0.2) is 29.1 Å². The smallest absolute Gasteiger partial charge is 0.347 e. The van der Waals surface area contributed by atoms with Crippen molar-refractivity contribution in [1.82, 2.24) is 4.98 Å². The summed E-state index contributed by atoms with van der Waals surface area (Å²) in [5.41, 5.74) is 0. The molecule has 2 atom stereocenters. The quantitative estimate of drug-likeness (QED) is 0.744. The molecule has 2 aromatic rings. The van der Waals surface area contributed by atoms with Gasteiger partial charge in [-0.3, -0.25) is 4.79 Å².